The Kier molecular flexibility index (Phi) is 8.29. The van der Waals surface area contributed by atoms with Crippen molar-refractivity contribution in [2.24, 2.45) is 0 Å². The highest BCUT2D eigenvalue weighted by Crippen LogP contribution is 2.54. The normalized spacial score (nSPS) is 12.9. The summed E-state index contributed by atoms with van der Waals surface area (Å²) < 4.78 is 6.33. The van der Waals surface area contributed by atoms with Crippen LogP contribution >= 0.6 is 0 Å². The van der Waals surface area contributed by atoms with Crippen molar-refractivity contribution in [3.63, 3.8) is 0 Å². The SMILES string of the molecule is CC1(C)c2cc(N(c3ccc(-c4ccccc4)cc3)c3cccc(-c4cccc(-c5ccc6c(c5)c5cccc7oc8cccc6c8c75)c4)c3)ccc2-c2c(-c3ccccc3)cccc21. The third-order valence-corrected chi connectivity index (χ3v) is 14.0. The maximum atomic E-state index is 6.33. The van der Waals surface area contributed by atoms with Crippen LogP contribution in [0.25, 0.3) is 99.1 Å². The van der Waals surface area contributed by atoms with Crippen LogP contribution < -0.4 is 4.90 Å². The monoisotopic (exact) mass is 829 g/mol. The van der Waals surface area contributed by atoms with Crippen molar-refractivity contribution in [1.82, 2.24) is 0 Å². The molecule has 306 valence electrons. The van der Waals surface area contributed by atoms with Crippen LogP contribution in [-0.4, -0.2) is 0 Å². The summed E-state index contributed by atoms with van der Waals surface area (Å²) in [5.74, 6) is 0. The van der Waals surface area contributed by atoms with E-state index in [1.54, 1.807) is 0 Å². The quantitative estimate of drug-likeness (QED) is 0.149. The average Bonchev–Trinajstić information content (AvgIpc) is 3.87. The molecule has 0 saturated heterocycles. The van der Waals surface area contributed by atoms with Crippen LogP contribution in [0.4, 0.5) is 17.1 Å². The fraction of sp³-hybridized carbons (Fsp3) is 0.0476. The number of anilines is 3. The number of fused-ring (bicyclic) bond motifs is 6. The number of hydrogen-bond acceptors (Lipinski definition) is 2. The summed E-state index contributed by atoms with van der Waals surface area (Å²) in [5, 5.41) is 7.38. The first kappa shape index (κ1) is 37.4. The molecule has 0 aliphatic heterocycles. The minimum atomic E-state index is -0.187. The molecule has 0 radical (unpaired) electrons. The summed E-state index contributed by atoms with van der Waals surface area (Å²) in [6.07, 6.45) is 0. The van der Waals surface area contributed by atoms with Gasteiger partial charge in [0.15, 0.2) is 0 Å². The predicted octanol–water partition coefficient (Wildman–Crippen LogP) is 17.8. The van der Waals surface area contributed by atoms with Gasteiger partial charge in [0.1, 0.15) is 11.2 Å². The standard InChI is InChI=1S/C63H43NO/c1-63(2)56-25-11-22-50(42-16-7-4-8-17-42)60(56)54-35-33-49(39-57(54)63)64(47-31-28-41(29-32-47)40-14-5-3-6-15-40)48-21-10-20-45(37-48)43-18-9-19-44(36-43)46-30-34-51-52-23-12-26-58-61(52)62-53(55(51)38-46)24-13-27-59(62)65-58/h3-39H,1-2H3. The van der Waals surface area contributed by atoms with Crippen LogP contribution in [0.5, 0.6) is 0 Å². The molecule has 12 aromatic rings. The maximum Gasteiger partial charge on any atom is 0.136 e. The van der Waals surface area contributed by atoms with Crippen LogP contribution in [0.15, 0.2) is 229 Å². The largest absolute Gasteiger partial charge is 0.456 e. The van der Waals surface area contributed by atoms with E-state index in [9.17, 15) is 0 Å². The topological polar surface area (TPSA) is 16.4 Å². The molecule has 0 atom stereocenters. The zero-order valence-electron chi connectivity index (χ0n) is 36.2. The van der Waals surface area contributed by atoms with Crippen LogP contribution in [0.3, 0.4) is 0 Å². The summed E-state index contributed by atoms with van der Waals surface area (Å²) in [7, 11) is 0. The molecule has 65 heavy (non-hydrogen) atoms. The van der Waals surface area contributed by atoms with Crippen molar-refractivity contribution in [3.05, 3.63) is 236 Å². The molecule has 1 aromatic heterocycles. The summed E-state index contributed by atoms with van der Waals surface area (Å²) >= 11 is 0. The third kappa shape index (κ3) is 5.88. The van der Waals surface area contributed by atoms with E-state index in [0.717, 1.165) is 33.8 Å². The Balaban J connectivity index is 0.925. The van der Waals surface area contributed by atoms with Gasteiger partial charge < -0.3 is 9.32 Å². The highest BCUT2D eigenvalue weighted by Gasteiger charge is 2.37. The van der Waals surface area contributed by atoms with Gasteiger partial charge in [0.05, 0.1) is 0 Å². The Morgan fingerprint density at radius 2 is 0.862 bits per heavy atom. The number of benzene rings is 11. The lowest BCUT2D eigenvalue weighted by molar-refractivity contribution is 0.660. The Labute approximate surface area is 378 Å². The highest BCUT2D eigenvalue weighted by molar-refractivity contribution is 6.33. The first-order chi connectivity index (χ1) is 32.0. The molecule has 11 aromatic carbocycles. The van der Waals surface area contributed by atoms with Crippen molar-refractivity contribution >= 4 is 60.5 Å². The lowest BCUT2D eigenvalue weighted by Crippen LogP contribution is -2.16. The Morgan fingerprint density at radius 3 is 1.58 bits per heavy atom. The molecule has 1 aliphatic carbocycles. The molecule has 0 bridgehead atoms. The number of rotatable bonds is 7. The van der Waals surface area contributed by atoms with Crippen molar-refractivity contribution in [3.8, 4) is 55.6 Å². The summed E-state index contributed by atoms with van der Waals surface area (Å²) in [6, 6.07) is 82.2. The molecule has 2 nitrogen and oxygen atoms in total. The van der Waals surface area contributed by atoms with E-state index in [1.165, 1.54) is 93.5 Å². The minimum Gasteiger partial charge on any atom is -0.456 e. The van der Waals surface area contributed by atoms with Crippen LogP contribution in [0.2, 0.25) is 0 Å². The van der Waals surface area contributed by atoms with Crippen molar-refractivity contribution in [2.45, 2.75) is 19.3 Å². The van der Waals surface area contributed by atoms with E-state index in [1.807, 2.05) is 0 Å². The van der Waals surface area contributed by atoms with Gasteiger partial charge in [-0.1, -0.05) is 178 Å². The van der Waals surface area contributed by atoms with Crippen molar-refractivity contribution in [2.75, 3.05) is 4.90 Å². The summed E-state index contributed by atoms with van der Waals surface area (Å²) in [6.45, 7) is 4.75. The van der Waals surface area contributed by atoms with Gasteiger partial charge in [0, 0.05) is 33.2 Å². The van der Waals surface area contributed by atoms with Gasteiger partial charge in [0.2, 0.25) is 0 Å². The molecule has 1 heterocycles. The van der Waals surface area contributed by atoms with Crippen LogP contribution in [0.1, 0.15) is 25.0 Å². The van der Waals surface area contributed by atoms with Gasteiger partial charge in [0.25, 0.3) is 0 Å². The zero-order valence-corrected chi connectivity index (χ0v) is 36.2. The van der Waals surface area contributed by atoms with E-state index in [-0.39, 0.29) is 5.41 Å². The molecule has 1 aliphatic rings. The molecule has 0 spiro atoms. The van der Waals surface area contributed by atoms with E-state index in [4.69, 9.17) is 4.42 Å². The van der Waals surface area contributed by atoms with E-state index in [0.29, 0.717) is 0 Å². The molecule has 0 saturated carbocycles. The Hall–Kier alpha value is -8.20. The molecule has 13 rings (SSSR count). The van der Waals surface area contributed by atoms with Gasteiger partial charge in [-0.2, -0.15) is 0 Å². The predicted molar refractivity (Wildman–Crippen MR) is 274 cm³/mol. The second kappa shape index (κ2) is 14.4. The molecular formula is C63H43NO. The molecule has 0 fully saturated rings. The fourth-order valence-corrected chi connectivity index (χ4v) is 10.9. The fourth-order valence-electron chi connectivity index (χ4n) is 10.9. The molecule has 0 unspecified atom stereocenters. The van der Waals surface area contributed by atoms with Crippen LogP contribution in [-0.2, 0) is 5.41 Å². The lowest BCUT2D eigenvalue weighted by Gasteiger charge is -2.28. The Morgan fingerprint density at radius 1 is 0.323 bits per heavy atom. The number of nitrogens with zero attached hydrogens (tertiary/aromatic N) is 1. The average molecular weight is 830 g/mol. The summed E-state index contributed by atoms with van der Waals surface area (Å²) in [5.41, 5.74) is 20.0. The van der Waals surface area contributed by atoms with Gasteiger partial charge in [-0.15, -0.1) is 0 Å². The number of furan rings is 1. The van der Waals surface area contributed by atoms with Gasteiger partial charge in [-0.25, -0.2) is 0 Å². The number of hydrogen-bond donors (Lipinski definition) is 0. The molecule has 0 N–H and O–H groups in total. The van der Waals surface area contributed by atoms with Crippen molar-refractivity contribution in [1.29, 1.82) is 0 Å². The maximum absolute atomic E-state index is 6.33. The van der Waals surface area contributed by atoms with E-state index < -0.39 is 0 Å². The van der Waals surface area contributed by atoms with Gasteiger partial charge >= 0.3 is 0 Å². The first-order valence-electron chi connectivity index (χ1n) is 22.6. The minimum absolute atomic E-state index is 0.187. The highest BCUT2D eigenvalue weighted by atomic mass is 16.3. The van der Waals surface area contributed by atoms with Crippen molar-refractivity contribution < 1.29 is 4.42 Å². The lowest BCUT2D eigenvalue weighted by atomic mass is 9.81. The smallest absolute Gasteiger partial charge is 0.136 e. The van der Waals surface area contributed by atoms with E-state index in [2.05, 4.69) is 243 Å². The van der Waals surface area contributed by atoms with Gasteiger partial charge in [-0.3, -0.25) is 0 Å². The van der Waals surface area contributed by atoms with Gasteiger partial charge in [-0.05, 0) is 149 Å². The molecular weight excluding hydrogens is 787 g/mol. The molecule has 2 heteroatoms. The zero-order chi connectivity index (χ0) is 43.2. The first-order valence-corrected chi connectivity index (χ1v) is 22.6. The second-order valence-corrected chi connectivity index (χ2v) is 18.0. The second-order valence-electron chi connectivity index (χ2n) is 18.0. The van der Waals surface area contributed by atoms with E-state index >= 15 is 0 Å². The molecule has 0 amide bonds. The Bertz CT molecular complexity index is 3780. The van der Waals surface area contributed by atoms with Crippen LogP contribution in [0, 0.1) is 0 Å². The summed E-state index contributed by atoms with van der Waals surface area (Å²) in [4.78, 5) is 2.42. The third-order valence-electron chi connectivity index (χ3n) is 14.0.